The molecule has 0 saturated carbocycles. The number of nitrogens with zero attached hydrogens (tertiary/aromatic N) is 5. The highest BCUT2D eigenvalue weighted by molar-refractivity contribution is 5.98. The number of pyridine rings is 1. The Labute approximate surface area is 205 Å². The summed E-state index contributed by atoms with van der Waals surface area (Å²) in [4.78, 5) is 33.6. The second-order valence-electron chi connectivity index (χ2n) is 8.22. The topological polar surface area (TPSA) is 148 Å². The van der Waals surface area contributed by atoms with Crippen LogP contribution in [0.3, 0.4) is 0 Å². The van der Waals surface area contributed by atoms with E-state index in [0.29, 0.717) is 16.1 Å². The van der Waals surface area contributed by atoms with E-state index < -0.39 is 67.4 Å². The summed E-state index contributed by atoms with van der Waals surface area (Å²) < 4.78 is 82.2. The van der Waals surface area contributed by atoms with E-state index in [1.807, 2.05) is 0 Å². The summed E-state index contributed by atoms with van der Waals surface area (Å²) in [7, 11) is -3.02. The molecule has 3 atom stereocenters. The second-order valence-corrected chi connectivity index (χ2v) is 8.22. The van der Waals surface area contributed by atoms with E-state index in [1.54, 1.807) is 12.1 Å². The Morgan fingerprint density at radius 3 is 2.75 bits per heavy atom. The zero-order valence-electron chi connectivity index (χ0n) is 21.5. The number of aromatic nitrogens is 4. The van der Waals surface area contributed by atoms with Crippen LogP contribution in [0.25, 0.3) is 16.8 Å². The molecule has 1 saturated heterocycles. The first kappa shape index (κ1) is 21.3. The van der Waals surface area contributed by atoms with Crippen LogP contribution in [0.4, 0.5) is 23.4 Å². The lowest BCUT2D eigenvalue weighted by molar-refractivity contribution is -0.249. The van der Waals surface area contributed by atoms with Gasteiger partial charge in [-0.25, -0.2) is 18.9 Å². The Bertz CT molecular complexity index is 1430. The molecule has 4 rings (SSSR count). The van der Waals surface area contributed by atoms with E-state index in [9.17, 15) is 32.3 Å². The second kappa shape index (κ2) is 8.89. The van der Waals surface area contributed by atoms with Gasteiger partial charge in [0.1, 0.15) is 23.6 Å². The number of alkyl halides is 4. The number of hydrogen-bond donors (Lipinski definition) is 3. The minimum Gasteiger partial charge on any atom is -0.480 e. The fraction of sp³-hybridized carbons (Fsp3) is 0.381. The van der Waals surface area contributed by atoms with Crippen molar-refractivity contribution in [3.63, 3.8) is 0 Å². The minimum atomic E-state index is -5.32. The van der Waals surface area contributed by atoms with Gasteiger partial charge in [-0.2, -0.15) is 18.3 Å². The van der Waals surface area contributed by atoms with Crippen molar-refractivity contribution in [2.45, 2.75) is 30.9 Å². The Hall–Kier alpha value is -4.01. The van der Waals surface area contributed by atoms with Crippen LogP contribution in [0, 0.1) is 0 Å². The molecule has 11 nitrogen and oxygen atoms in total. The maximum Gasteiger partial charge on any atom is 0.426 e. The first-order valence-corrected chi connectivity index (χ1v) is 10.3. The summed E-state index contributed by atoms with van der Waals surface area (Å²) in [5.41, 5.74) is 2.66. The van der Waals surface area contributed by atoms with Crippen molar-refractivity contribution in [1.82, 2.24) is 29.8 Å². The number of fused-ring (bicyclic) bond motifs is 1. The minimum absolute atomic E-state index is 0.156. The van der Waals surface area contributed by atoms with Crippen LogP contribution in [0.1, 0.15) is 21.4 Å². The van der Waals surface area contributed by atoms with Crippen molar-refractivity contribution in [3.05, 3.63) is 36.3 Å². The van der Waals surface area contributed by atoms with E-state index >= 15 is 0 Å². The number of nitrogens with two attached hydrogens (primary N) is 1. The number of nitrogen functional groups attached to an aromatic ring is 1. The van der Waals surface area contributed by atoms with Crippen molar-refractivity contribution in [2.24, 2.45) is 0 Å². The molecule has 4 heterocycles. The summed E-state index contributed by atoms with van der Waals surface area (Å²) in [6.07, 6.45) is -4.93. The smallest absolute Gasteiger partial charge is 0.426 e. The number of nitrogens with one attached hydrogen (secondary N) is 1. The van der Waals surface area contributed by atoms with Crippen LogP contribution >= 0.6 is 0 Å². The van der Waals surface area contributed by atoms with E-state index in [0.717, 1.165) is 0 Å². The number of anilines is 1. The number of ether oxygens (including phenoxy) is 1. The molecule has 0 aromatic carbocycles. The normalized spacial score (nSPS) is 21.4. The largest absolute Gasteiger partial charge is 0.480 e. The standard InChI is InChI=1S/C21H21F4N7O4/c1-20(35,21(23,24)25)19(34)31-7-12(22)13(8-31)30-17(33)11-5-10(6-27-18(11)36-2)14-3-4-15-16(26)28-9-29-32(14)15/h3-6,9,12-13,35H,7-8H2,1-2H3,(H,30,33)(H2,26,28,29)/t12-,13+,20+/m0/s1/i2D3. The number of amides is 2. The van der Waals surface area contributed by atoms with Gasteiger partial charge < -0.3 is 25.8 Å². The molecule has 192 valence electrons. The zero-order valence-corrected chi connectivity index (χ0v) is 18.5. The average Bonchev–Trinajstić information content (AvgIpc) is 3.41. The molecule has 36 heavy (non-hydrogen) atoms. The van der Waals surface area contributed by atoms with Crippen LogP contribution in [-0.2, 0) is 4.79 Å². The first-order valence-electron chi connectivity index (χ1n) is 11.8. The molecule has 1 aliphatic rings. The summed E-state index contributed by atoms with van der Waals surface area (Å²) in [5, 5.41) is 16.0. The zero-order chi connectivity index (χ0) is 28.9. The lowest BCUT2D eigenvalue weighted by Crippen LogP contribution is -2.56. The Kier molecular flexibility index (Phi) is 5.26. The molecule has 0 radical (unpaired) electrons. The SMILES string of the molecule is [2H]C([2H])([2H])Oc1ncc(-c2ccc3c(N)ncnn23)cc1C(=O)N[C@@H]1CN(C(=O)[C@@](C)(O)C(F)(F)F)C[C@@H]1F. The third-order valence-corrected chi connectivity index (χ3v) is 5.79. The van der Waals surface area contributed by atoms with Gasteiger partial charge in [-0.05, 0) is 25.1 Å². The molecule has 4 N–H and O–H groups in total. The summed E-state index contributed by atoms with van der Waals surface area (Å²) in [6, 6.07) is 2.87. The number of carbonyl (C=O) groups is 2. The Balaban J connectivity index is 1.63. The monoisotopic (exact) mass is 514 g/mol. The highest BCUT2D eigenvalue weighted by Gasteiger charge is 2.58. The van der Waals surface area contributed by atoms with Gasteiger partial charge in [0.15, 0.2) is 5.82 Å². The molecular formula is C21H21F4N7O4. The summed E-state index contributed by atoms with van der Waals surface area (Å²) in [5.74, 6) is -3.34. The van der Waals surface area contributed by atoms with Crippen LogP contribution in [0.5, 0.6) is 5.88 Å². The van der Waals surface area contributed by atoms with Gasteiger partial charge in [0, 0.05) is 18.3 Å². The van der Waals surface area contributed by atoms with Gasteiger partial charge in [0.05, 0.1) is 29.4 Å². The third kappa shape index (κ3) is 4.25. The fourth-order valence-electron chi connectivity index (χ4n) is 3.75. The molecule has 3 aromatic rings. The van der Waals surface area contributed by atoms with Crippen molar-refractivity contribution in [1.29, 1.82) is 0 Å². The van der Waals surface area contributed by atoms with Gasteiger partial charge in [-0.15, -0.1) is 0 Å². The highest BCUT2D eigenvalue weighted by Crippen LogP contribution is 2.33. The van der Waals surface area contributed by atoms with Gasteiger partial charge in [0.2, 0.25) is 11.5 Å². The number of hydrogen-bond acceptors (Lipinski definition) is 8. The Morgan fingerprint density at radius 1 is 1.31 bits per heavy atom. The van der Waals surface area contributed by atoms with Crippen molar-refractivity contribution in [2.75, 3.05) is 25.9 Å². The number of aliphatic hydroxyl groups is 1. The van der Waals surface area contributed by atoms with Crippen LogP contribution in [-0.4, -0.2) is 85.5 Å². The van der Waals surface area contributed by atoms with E-state index in [-0.39, 0.29) is 18.3 Å². The van der Waals surface area contributed by atoms with Gasteiger partial charge >= 0.3 is 6.18 Å². The number of carbonyl (C=O) groups excluding carboxylic acids is 2. The molecule has 15 heteroatoms. The van der Waals surface area contributed by atoms with Crippen LogP contribution in [0.2, 0.25) is 0 Å². The van der Waals surface area contributed by atoms with Crippen molar-refractivity contribution < 1.29 is 41.1 Å². The molecule has 0 bridgehead atoms. The number of likely N-dealkylation sites (tertiary alicyclic amines) is 1. The van der Waals surface area contributed by atoms with E-state index in [2.05, 4.69) is 20.4 Å². The molecule has 0 unspecified atom stereocenters. The van der Waals surface area contributed by atoms with Crippen LogP contribution in [0.15, 0.2) is 30.7 Å². The maximum absolute atomic E-state index is 14.7. The number of methoxy groups -OCH3 is 1. The fourth-order valence-corrected chi connectivity index (χ4v) is 3.75. The van der Waals surface area contributed by atoms with Crippen LogP contribution < -0.4 is 15.8 Å². The molecular weight excluding hydrogens is 490 g/mol. The van der Waals surface area contributed by atoms with E-state index in [1.165, 1.54) is 23.1 Å². The van der Waals surface area contributed by atoms with Gasteiger partial charge in [0.25, 0.3) is 11.8 Å². The van der Waals surface area contributed by atoms with E-state index in [4.69, 9.17) is 14.6 Å². The molecule has 1 aliphatic heterocycles. The quantitative estimate of drug-likeness (QED) is 0.427. The molecule has 3 aromatic heterocycles. The lowest BCUT2D eigenvalue weighted by Gasteiger charge is -2.29. The lowest BCUT2D eigenvalue weighted by atomic mass is 10.1. The predicted octanol–water partition coefficient (Wildman–Crippen LogP) is 0.974. The molecule has 1 fully saturated rings. The molecule has 0 spiro atoms. The Morgan fingerprint density at radius 2 is 2.06 bits per heavy atom. The number of halogens is 4. The summed E-state index contributed by atoms with van der Waals surface area (Å²) in [6.45, 7) is -1.28. The van der Waals surface area contributed by atoms with Gasteiger partial charge in [-0.1, -0.05) is 0 Å². The first-order chi connectivity index (χ1) is 18.0. The average molecular weight is 514 g/mol. The maximum atomic E-state index is 14.7. The summed E-state index contributed by atoms with van der Waals surface area (Å²) >= 11 is 0. The predicted molar refractivity (Wildman–Crippen MR) is 117 cm³/mol. The van der Waals surface area contributed by atoms with Crippen molar-refractivity contribution >= 4 is 23.1 Å². The van der Waals surface area contributed by atoms with Crippen molar-refractivity contribution in [3.8, 4) is 17.1 Å². The third-order valence-electron chi connectivity index (χ3n) is 5.79. The van der Waals surface area contributed by atoms with Gasteiger partial charge in [-0.3, -0.25) is 9.59 Å². The number of rotatable bonds is 5. The molecule has 2 amide bonds. The highest BCUT2D eigenvalue weighted by atomic mass is 19.4. The molecule has 0 aliphatic carbocycles.